The summed E-state index contributed by atoms with van der Waals surface area (Å²) in [6, 6.07) is 0. The number of guanidine groups is 1. The van der Waals surface area contributed by atoms with Crippen LogP contribution in [0.5, 0.6) is 0 Å². The number of nitrogens with zero attached hydrogens (tertiary/aromatic N) is 1. The van der Waals surface area contributed by atoms with Gasteiger partial charge in [-0.1, -0.05) is 39.5 Å². The maximum Gasteiger partial charge on any atom is 0.188 e. The highest BCUT2D eigenvalue weighted by molar-refractivity contribution is 14.0. The van der Waals surface area contributed by atoms with Gasteiger partial charge in [0, 0.05) is 13.1 Å². The fraction of sp³-hybridized carbons (Fsp3) is 0.929. The molecule has 0 heterocycles. The molecule has 0 aliphatic heterocycles. The molecule has 1 aliphatic carbocycles. The Labute approximate surface area is 129 Å². The van der Waals surface area contributed by atoms with E-state index < -0.39 is 0 Å². The Balaban J connectivity index is 0.00000289. The Bertz CT molecular complexity index is 232. The SMILES string of the molecule is CCCCCCNC(N)=NCC1(CC)CCC1.I. The lowest BCUT2D eigenvalue weighted by Gasteiger charge is -2.40. The van der Waals surface area contributed by atoms with Crippen molar-refractivity contribution in [1.29, 1.82) is 0 Å². The average Bonchev–Trinajstić information content (AvgIpc) is 2.28. The number of rotatable bonds is 8. The predicted molar refractivity (Wildman–Crippen MR) is 90.6 cm³/mol. The van der Waals surface area contributed by atoms with Crippen molar-refractivity contribution < 1.29 is 0 Å². The van der Waals surface area contributed by atoms with E-state index in [1.807, 2.05) is 0 Å². The van der Waals surface area contributed by atoms with Gasteiger partial charge in [0.15, 0.2) is 5.96 Å². The van der Waals surface area contributed by atoms with Crippen molar-refractivity contribution in [3.05, 3.63) is 0 Å². The third-order valence-electron chi connectivity index (χ3n) is 4.09. The van der Waals surface area contributed by atoms with E-state index in [9.17, 15) is 0 Å². The van der Waals surface area contributed by atoms with E-state index in [0.717, 1.165) is 13.1 Å². The van der Waals surface area contributed by atoms with Gasteiger partial charge in [-0.05, 0) is 31.1 Å². The van der Waals surface area contributed by atoms with Gasteiger partial charge in [-0.3, -0.25) is 4.99 Å². The van der Waals surface area contributed by atoms with Crippen molar-refractivity contribution in [2.24, 2.45) is 16.1 Å². The fourth-order valence-electron chi connectivity index (χ4n) is 2.38. The summed E-state index contributed by atoms with van der Waals surface area (Å²) in [5.41, 5.74) is 6.35. The lowest BCUT2D eigenvalue weighted by molar-refractivity contribution is 0.139. The van der Waals surface area contributed by atoms with E-state index in [1.54, 1.807) is 0 Å². The smallest absolute Gasteiger partial charge is 0.188 e. The standard InChI is InChI=1S/C14H29N3.HI/c1-3-5-6-7-11-16-13(15)17-12-14(4-2)9-8-10-14;/h3-12H2,1-2H3,(H3,15,16,17);1H. The summed E-state index contributed by atoms with van der Waals surface area (Å²) in [7, 11) is 0. The Morgan fingerprint density at radius 2 is 1.94 bits per heavy atom. The van der Waals surface area contributed by atoms with Crippen LogP contribution in [0, 0.1) is 5.41 Å². The predicted octanol–water partition coefficient (Wildman–Crippen LogP) is 3.67. The van der Waals surface area contributed by atoms with Crippen LogP contribution in [0.4, 0.5) is 0 Å². The van der Waals surface area contributed by atoms with Gasteiger partial charge in [-0.15, -0.1) is 24.0 Å². The molecule has 1 saturated carbocycles. The largest absolute Gasteiger partial charge is 0.370 e. The highest BCUT2D eigenvalue weighted by atomic mass is 127. The topological polar surface area (TPSA) is 50.4 Å². The molecular weight excluding hydrogens is 337 g/mol. The Hall–Kier alpha value is 0. The first-order chi connectivity index (χ1) is 8.22. The van der Waals surface area contributed by atoms with Gasteiger partial charge in [0.25, 0.3) is 0 Å². The highest BCUT2D eigenvalue weighted by Crippen LogP contribution is 2.43. The number of halogens is 1. The Kier molecular flexibility index (Phi) is 9.87. The van der Waals surface area contributed by atoms with Crippen molar-refractivity contribution in [3.63, 3.8) is 0 Å². The summed E-state index contributed by atoms with van der Waals surface area (Å²) in [4.78, 5) is 4.49. The van der Waals surface area contributed by atoms with Crippen LogP contribution in [0.1, 0.15) is 65.2 Å². The van der Waals surface area contributed by atoms with E-state index in [0.29, 0.717) is 11.4 Å². The molecule has 0 unspecified atom stereocenters. The van der Waals surface area contributed by atoms with E-state index in [-0.39, 0.29) is 24.0 Å². The van der Waals surface area contributed by atoms with Gasteiger partial charge < -0.3 is 11.1 Å². The van der Waals surface area contributed by atoms with Crippen LogP contribution in [0.25, 0.3) is 0 Å². The average molecular weight is 367 g/mol. The molecule has 4 heteroatoms. The van der Waals surface area contributed by atoms with Crippen LogP contribution in [0.15, 0.2) is 4.99 Å². The molecule has 0 saturated heterocycles. The van der Waals surface area contributed by atoms with Crippen molar-refractivity contribution in [1.82, 2.24) is 5.32 Å². The number of nitrogens with two attached hydrogens (primary N) is 1. The zero-order chi connectivity index (χ0) is 12.6. The number of aliphatic imine (C=N–C) groups is 1. The summed E-state index contributed by atoms with van der Waals surface area (Å²) in [5.74, 6) is 0.640. The van der Waals surface area contributed by atoms with Crippen LogP contribution >= 0.6 is 24.0 Å². The normalized spacial score (nSPS) is 17.8. The minimum absolute atomic E-state index is 0. The van der Waals surface area contributed by atoms with Crippen LogP contribution in [0.3, 0.4) is 0 Å². The van der Waals surface area contributed by atoms with Crippen molar-refractivity contribution in [2.75, 3.05) is 13.1 Å². The molecule has 0 aromatic heterocycles. The minimum Gasteiger partial charge on any atom is -0.370 e. The summed E-state index contributed by atoms with van der Waals surface area (Å²) in [6.45, 7) is 6.38. The van der Waals surface area contributed by atoms with Crippen molar-refractivity contribution in [2.45, 2.75) is 65.2 Å². The lowest BCUT2D eigenvalue weighted by atomic mass is 9.67. The number of hydrogen-bond donors (Lipinski definition) is 2. The lowest BCUT2D eigenvalue weighted by Crippen LogP contribution is -2.36. The van der Waals surface area contributed by atoms with Gasteiger partial charge in [0.05, 0.1) is 0 Å². The molecule has 0 bridgehead atoms. The molecule has 0 aromatic rings. The molecule has 0 atom stereocenters. The summed E-state index contributed by atoms with van der Waals surface area (Å²) >= 11 is 0. The second kappa shape index (κ2) is 9.87. The van der Waals surface area contributed by atoms with E-state index in [1.165, 1.54) is 51.4 Å². The monoisotopic (exact) mass is 367 g/mol. The molecule has 0 aromatic carbocycles. The van der Waals surface area contributed by atoms with Crippen LogP contribution in [0.2, 0.25) is 0 Å². The third-order valence-corrected chi connectivity index (χ3v) is 4.09. The van der Waals surface area contributed by atoms with Crippen LogP contribution in [-0.2, 0) is 0 Å². The molecule has 1 aliphatic rings. The van der Waals surface area contributed by atoms with Crippen LogP contribution in [-0.4, -0.2) is 19.0 Å². The molecule has 1 rings (SSSR count). The molecule has 3 N–H and O–H groups in total. The zero-order valence-corrected chi connectivity index (χ0v) is 14.3. The molecule has 0 amide bonds. The maximum atomic E-state index is 5.87. The van der Waals surface area contributed by atoms with Crippen molar-refractivity contribution >= 4 is 29.9 Å². The number of hydrogen-bond acceptors (Lipinski definition) is 1. The molecule has 0 radical (unpaired) electrons. The first-order valence-corrected chi connectivity index (χ1v) is 7.26. The molecule has 1 fully saturated rings. The van der Waals surface area contributed by atoms with E-state index in [4.69, 9.17) is 5.73 Å². The summed E-state index contributed by atoms with van der Waals surface area (Å²) < 4.78 is 0. The van der Waals surface area contributed by atoms with E-state index >= 15 is 0 Å². The van der Waals surface area contributed by atoms with Crippen LogP contribution < -0.4 is 11.1 Å². The highest BCUT2D eigenvalue weighted by Gasteiger charge is 2.34. The molecule has 18 heavy (non-hydrogen) atoms. The first kappa shape index (κ1) is 18.0. The Morgan fingerprint density at radius 3 is 2.44 bits per heavy atom. The van der Waals surface area contributed by atoms with Gasteiger partial charge >= 0.3 is 0 Å². The third kappa shape index (κ3) is 6.25. The number of unbranched alkanes of at least 4 members (excludes halogenated alkanes) is 3. The fourth-order valence-corrected chi connectivity index (χ4v) is 2.38. The van der Waals surface area contributed by atoms with E-state index in [2.05, 4.69) is 24.2 Å². The van der Waals surface area contributed by atoms with Gasteiger partial charge in [0.2, 0.25) is 0 Å². The minimum atomic E-state index is 0. The maximum absolute atomic E-state index is 5.87. The summed E-state index contributed by atoms with van der Waals surface area (Å²) in [5, 5.41) is 3.21. The first-order valence-electron chi connectivity index (χ1n) is 7.26. The number of nitrogens with one attached hydrogen (secondary N) is 1. The second-order valence-corrected chi connectivity index (χ2v) is 5.40. The van der Waals surface area contributed by atoms with Crippen molar-refractivity contribution in [3.8, 4) is 0 Å². The molecular formula is C14H30IN3. The summed E-state index contributed by atoms with van der Waals surface area (Å²) in [6.07, 6.45) is 10.3. The second-order valence-electron chi connectivity index (χ2n) is 5.40. The molecule has 0 spiro atoms. The van der Waals surface area contributed by atoms with Gasteiger partial charge in [0.1, 0.15) is 0 Å². The van der Waals surface area contributed by atoms with Gasteiger partial charge in [-0.2, -0.15) is 0 Å². The zero-order valence-electron chi connectivity index (χ0n) is 12.0. The quantitative estimate of drug-likeness (QED) is 0.298. The van der Waals surface area contributed by atoms with Gasteiger partial charge in [-0.25, -0.2) is 0 Å². The molecule has 108 valence electrons. The Morgan fingerprint density at radius 1 is 1.22 bits per heavy atom. The molecule has 3 nitrogen and oxygen atoms in total.